The third-order valence-corrected chi connectivity index (χ3v) is 3.67. The van der Waals surface area contributed by atoms with E-state index in [9.17, 15) is 0 Å². The van der Waals surface area contributed by atoms with Gasteiger partial charge in [-0.2, -0.15) is 0 Å². The summed E-state index contributed by atoms with van der Waals surface area (Å²) in [5.41, 5.74) is 0. The maximum Gasteiger partial charge on any atom is 0.0107 e. The molecule has 1 N–H and O–H groups in total. The zero-order valence-electron chi connectivity index (χ0n) is 11.8. The minimum absolute atomic E-state index is 0.573. The molecule has 0 aliphatic rings. The van der Waals surface area contributed by atoms with Crippen LogP contribution in [0.1, 0.15) is 40.5 Å². The number of nitrogens with zero attached hydrogens (tertiary/aromatic N) is 1. The molecule has 2 heteroatoms. The standard InChI is InChI=1S/C14H30N2/c1-7-9-12(3)14(5)15-10-11-16(6)13(4)8-2/h7,12-15H,1,8-11H2,2-6H3. The van der Waals surface area contributed by atoms with E-state index in [0.717, 1.165) is 19.5 Å². The molecule has 96 valence electrons. The maximum atomic E-state index is 3.79. The van der Waals surface area contributed by atoms with Gasteiger partial charge in [0.15, 0.2) is 0 Å². The third-order valence-electron chi connectivity index (χ3n) is 3.67. The van der Waals surface area contributed by atoms with Crippen molar-refractivity contribution in [1.29, 1.82) is 0 Å². The fourth-order valence-electron chi connectivity index (χ4n) is 1.67. The second kappa shape index (κ2) is 8.77. The van der Waals surface area contributed by atoms with Crippen LogP contribution in [0.15, 0.2) is 12.7 Å². The molecule has 3 atom stereocenters. The quantitative estimate of drug-likeness (QED) is 0.608. The number of allylic oxidation sites excluding steroid dienone is 1. The average Bonchev–Trinajstić information content (AvgIpc) is 2.27. The summed E-state index contributed by atoms with van der Waals surface area (Å²) < 4.78 is 0. The molecule has 0 aromatic heterocycles. The summed E-state index contributed by atoms with van der Waals surface area (Å²) in [4.78, 5) is 2.41. The van der Waals surface area contributed by atoms with Crippen molar-refractivity contribution in [2.45, 2.75) is 52.6 Å². The van der Waals surface area contributed by atoms with E-state index in [0.29, 0.717) is 18.0 Å². The van der Waals surface area contributed by atoms with Gasteiger partial charge in [0.2, 0.25) is 0 Å². The van der Waals surface area contributed by atoms with Gasteiger partial charge in [0.1, 0.15) is 0 Å². The van der Waals surface area contributed by atoms with Gasteiger partial charge >= 0.3 is 0 Å². The fraction of sp³-hybridized carbons (Fsp3) is 0.857. The van der Waals surface area contributed by atoms with Gasteiger partial charge in [-0.15, -0.1) is 6.58 Å². The number of nitrogens with one attached hydrogen (secondary N) is 1. The molecular formula is C14H30N2. The minimum Gasteiger partial charge on any atom is -0.313 e. The van der Waals surface area contributed by atoms with Crippen molar-refractivity contribution in [2.75, 3.05) is 20.1 Å². The van der Waals surface area contributed by atoms with Crippen LogP contribution in [0.2, 0.25) is 0 Å². The first-order valence-electron chi connectivity index (χ1n) is 6.57. The number of hydrogen-bond donors (Lipinski definition) is 1. The highest BCUT2D eigenvalue weighted by atomic mass is 15.1. The highest BCUT2D eigenvalue weighted by molar-refractivity contribution is 4.77. The number of hydrogen-bond acceptors (Lipinski definition) is 2. The summed E-state index contributed by atoms with van der Waals surface area (Å²) in [6.07, 6.45) is 4.32. The SMILES string of the molecule is C=CCC(C)C(C)NCCN(C)C(C)CC. The summed E-state index contributed by atoms with van der Waals surface area (Å²) >= 11 is 0. The van der Waals surface area contributed by atoms with Gasteiger partial charge in [0.25, 0.3) is 0 Å². The molecule has 3 unspecified atom stereocenters. The van der Waals surface area contributed by atoms with Gasteiger partial charge in [-0.1, -0.05) is 19.9 Å². The van der Waals surface area contributed by atoms with Gasteiger partial charge in [-0.05, 0) is 39.7 Å². The van der Waals surface area contributed by atoms with Crippen molar-refractivity contribution in [3.05, 3.63) is 12.7 Å². The second-order valence-corrected chi connectivity index (χ2v) is 4.98. The molecule has 0 heterocycles. The van der Waals surface area contributed by atoms with Crippen LogP contribution in [-0.2, 0) is 0 Å². The van der Waals surface area contributed by atoms with E-state index in [1.165, 1.54) is 6.42 Å². The summed E-state index contributed by atoms with van der Waals surface area (Å²) in [6.45, 7) is 15.0. The van der Waals surface area contributed by atoms with Crippen molar-refractivity contribution < 1.29 is 0 Å². The lowest BCUT2D eigenvalue weighted by atomic mass is 10.00. The molecule has 0 saturated carbocycles. The Labute approximate surface area is 102 Å². The molecular weight excluding hydrogens is 196 g/mol. The molecule has 0 bridgehead atoms. The van der Waals surface area contributed by atoms with Crippen LogP contribution in [0.4, 0.5) is 0 Å². The first-order valence-corrected chi connectivity index (χ1v) is 6.57. The van der Waals surface area contributed by atoms with Crippen LogP contribution in [-0.4, -0.2) is 37.1 Å². The van der Waals surface area contributed by atoms with Crippen LogP contribution in [0.5, 0.6) is 0 Å². The van der Waals surface area contributed by atoms with Crippen LogP contribution in [0.3, 0.4) is 0 Å². The number of rotatable bonds is 9. The summed E-state index contributed by atoms with van der Waals surface area (Å²) in [5, 5.41) is 3.59. The molecule has 0 aromatic rings. The van der Waals surface area contributed by atoms with E-state index in [1.807, 2.05) is 6.08 Å². The van der Waals surface area contributed by atoms with Gasteiger partial charge in [-0.3, -0.25) is 0 Å². The van der Waals surface area contributed by atoms with E-state index in [1.54, 1.807) is 0 Å². The summed E-state index contributed by atoms with van der Waals surface area (Å²) in [6, 6.07) is 1.26. The second-order valence-electron chi connectivity index (χ2n) is 4.98. The van der Waals surface area contributed by atoms with Crippen molar-refractivity contribution in [3.8, 4) is 0 Å². The predicted molar refractivity (Wildman–Crippen MR) is 73.8 cm³/mol. The molecule has 16 heavy (non-hydrogen) atoms. The van der Waals surface area contributed by atoms with Crippen LogP contribution >= 0.6 is 0 Å². The monoisotopic (exact) mass is 226 g/mol. The Kier molecular flexibility index (Phi) is 8.58. The van der Waals surface area contributed by atoms with Crippen molar-refractivity contribution in [3.63, 3.8) is 0 Å². The van der Waals surface area contributed by atoms with Gasteiger partial charge in [0, 0.05) is 25.2 Å². The Hall–Kier alpha value is -0.340. The average molecular weight is 226 g/mol. The van der Waals surface area contributed by atoms with Gasteiger partial charge in [0.05, 0.1) is 0 Å². The lowest BCUT2D eigenvalue weighted by Gasteiger charge is -2.26. The van der Waals surface area contributed by atoms with Crippen molar-refractivity contribution in [2.24, 2.45) is 5.92 Å². The highest BCUT2D eigenvalue weighted by Crippen LogP contribution is 2.07. The molecule has 0 saturated heterocycles. The Morgan fingerprint density at radius 3 is 2.44 bits per heavy atom. The molecule has 0 radical (unpaired) electrons. The summed E-state index contributed by atoms with van der Waals surface area (Å²) in [7, 11) is 2.20. The zero-order chi connectivity index (χ0) is 12.6. The predicted octanol–water partition coefficient (Wildman–Crippen LogP) is 2.91. The Balaban J connectivity index is 3.68. The normalized spacial score (nSPS) is 17.1. The molecule has 0 aliphatic heterocycles. The van der Waals surface area contributed by atoms with E-state index < -0.39 is 0 Å². The Bertz CT molecular complexity index is 180. The maximum absolute atomic E-state index is 3.79. The topological polar surface area (TPSA) is 15.3 Å². The molecule has 0 fully saturated rings. The van der Waals surface area contributed by atoms with E-state index in [2.05, 4.69) is 51.5 Å². The van der Waals surface area contributed by atoms with Gasteiger partial charge < -0.3 is 10.2 Å². The third kappa shape index (κ3) is 6.29. The van der Waals surface area contributed by atoms with E-state index in [-0.39, 0.29) is 0 Å². The molecule has 2 nitrogen and oxygen atoms in total. The molecule has 0 aliphatic carbocycles. The fourth-order valence-corrected chi connectivity index (χ4v) is 1.67. The molecule has 0 rings (SSSR count). The first kappa shape index (κ1) is 15.7. The highest BCUT2D eigenvalue weighted by Gasteiger charge is 2.11. The minimum atomic E-state index is 0.573. The van der Waals surface area contributed by atoms with Gasteiger partial charge in [-0.25, -0.2) is 0 Å². The smallest absolute Gasteiger partial charge is 0.0107 e. The molecule has 0 spiro atoms. The van der Waals surface area contributed by atoms with Crippen molar-refractivity contribution in [1.82, 2.24) is 10.2 Å². The van der Waals surface area contributed by atoms with Crippen LogP contribution in [0, 0.1) is 5.92 Å². The van der Waals surface area contributed by atoms with Crippen LogP contribution in [0.25, 0.3) is 0 Å². The Morgan fingerprint density at radius 1 is 1.31 bits per heavy atom. The Morgan fingerprint density at radius 2 is 1.94 bits per heavy atom. The number of likely N-dealkylation sites (N-methyl/N-ethyl adjacent to an activating group) is 1. The van der Waals surface area contributed by atoms with Crippen molar-refractivity contribution >= 4 is 0 Å². The lowest BCUT2D eigenvalue weighted by molar-refractivity contribution is 0.244. The molecule has 0 amide bonds. The van der Waals surface area contributed by atoms with Crippen LogP contribution < -0.4 is 5.32 Å². The largest absolute Gasteiger partial charge is 0.313 e. The summed E-state index contributed by atoms with van der Waals surface area (Å²) in [5.74, 6) is 0.673. The lowest BCUT2D eigenvalue weighted by Crippen LogP contribution is -2.39. The first-order chi connectivity index (χ1) is 7.52. The van der Waals surface area contributed by atoms with E-state index >= 15 is 0 Å². The zero-order valence-corrected chi connectivity index (χ0v) is 11.8. The van der Waals surface area contributed by atoms with E-state index in [4.69, 9.17) is 0 Å². The molecule has 0 aromatic carbocycles.